The Bertz CT molecular complexity index is 829. The maximum Gasteiger partial charge on any atom is 0.371 e. The molecule has 3 N–H and O–H groups in total. The summed E-state index contributed by atoms with van der Waals surface area (Å²) >= 11 is 0. The summed E-state index contributed by atoms with van der Waals surface area (Å²) in [5.74, 6) is -2.62. The van der Waals surface area contributed by atoms with Crippen LogP contribution >= 0.6 is 0 Å². The number of carbonyl (C=O) groups is 3. The van der Waals surface area contributed by atoms with Crippen LogP contribution in [0.1, 0.15) is 46.9 Å². The van der Waals surface area contributed by atoms with Gasteiger partial charge in [-0.2, -0.15) is 0 Å². The summed E-state index contributed by atoms with van der Waals surface area (Å²) in [6.45, 7) is 3.71. The summed E-state index contributed by atoms with van der Waals surface area (Å²) in [4.78, 5) is 34.5. The number of aromatic carboxylic acids is 1. The molecule has 0 bridgehead atoms. The monoisotopic (exact) mass is 362 g/mol. The topological polar surface area (TPSA) is 109 Å². The highest BCUT2D eigenvalue weighted by atomic mass is 19.1. The van der Waals surface area contributed by atoms with Crippen molar-refractivity contribution in [3.8, 4) is 0 Å². The Kier molecular flexibility index (Phi) is 6.11. The number of halogens is 1. The molecule has 0 saturated heterocycles. The maximum atomic E-state index is 14.1. The minimum Gasteiger partial charge on any atom is -0.475 e. The predicted molar refractivity (Wildman–Crippen MR) is 91.3 cm³/mol. The molecule has 0 atom stereocenters. The Morgan fingerprint density at radius 3 is 2.50 bits per heavy atom. The largest absolute Gasteiger partial charge is 0.475 e. The summed E-state index contributed by atoms with van der Waals surface area (Å²) in [5, 5.41) is 13.7. The number of carboxylic acids is 1. The zero-order chi connectivity index (χ0) is 19.3. The van der Waals surface area contributed by atoms with Gasteiger partial charge in [0.1, 0.15) is 11.6 Å². The Morgan fingerprint density at radius 2 is 1.92 bits per heavy atom. The molecule has 138 valence electrons. The molecule has 0 aliphatic carbocycles. The van der Waals surface area contributed by atoms with Gasteiger partial charge in [0.15, 0.2) is 0 Å². The van der Waals surface area contributed by atoms with Crippen LogP contribution in [0.15, 0.2) is 34.7 Å². The molecule has 1 aromatic heterocycles. The van der Waals surface area contributed by atoms with Crippen LogP contribution in [0.3, 0.4) is 0 Å². The van der Waals surface area contributed by atoms with Crippen LogP contribution in [-0.4, -0.2) is 22.9 Å². The van der Waals surface area contributed by atoms with Crippen molar-refractivity contribution in [3.63, 3.8) is 0 Å². The fourth-order valence-corrected chi connectivity index (χ4v) is 2.19. The van der Waals surface area contributed by atoms with Crippen molar-refractivity contribution in [2.75, 3.05) is 5.32 Å². The van der Waals surface area contributed by atoms with Gasteiger partial charge < -0.3 is 20.2 Å². The Hall–Kier alpha value is -3.16. The smallest absolute Gasteiger partial charge is 0.371 e. The van der Waals surface area contributed by atoms with Gasteiger partial charge in [-0.25, -0.2) is 9.18 Å². The molecule has 8 heteroatoms. The maximum absolute atomic E-state index is 14.1. The number of hydrogen-bond donors (Lipinski definition) is 3. The molecular formula is C18H19FN2O5. The minimum atomic E-state index is -1.21. The number of furan rings is 1. The van der Waals surface area contributed by atoms with Crippen LogP contribution in [0, 0.1) is 11.7 Å². The van der Waals surface area contributed by atoms with E-state index in [-0.39, 0.29) is 47.6 Å². The predicted octanol–water partition coefficient (Wildman–Crippen LogP) is 3.03. The number of nitrogens with one attached hydrogen (secondary N) is 2. The fraction of sp³-hybridized carbons (Fsp3) is 0.278. The second-order valence-corrected chi connectivity index (χ2v) is 6.09. The standard InChI is InChI=1S/C18H19FN2O5/c1-10(2)7-16(22)21-14-5-3-11(8-13(14)19)17(23)20-9-12-4-6-15(26-12)18(24)25/h3-6,8,10H,7,9H2,1-2H3,(H,20,23)(H,21,22)(H,24,25). The number of rotatable bonds is 7. The van der Waals surface area contributed by atoms with Crippen molar-refractivity contribution in [1.82, 2.24) is 5.32 Å². The third-order valence-electron chi connectivity index (χ3n) is 3.39. The van der Waals surface area contributed by atoms with Crippen molar-refractivity contribution in [2.24, 2.45) is 5.92 Å². The van der Waals surface area contributed by atoms with E-state index >= 15 is 0 Å². The van der Waals surface area contributed by atoms with Gasteiger partial charge in [0.25, 0.3) is 5.91 Å². The first-order valence-corrected chi connectivity index (χ1v) is 7.96. The second-order valence-electron chi connectivity index (χ2n) is 6.09. The number of amides is 2. The van der Waals surface area contributed by atoms with Crippen molar-refractivity contribution in [2.45, 2.75) is 26.8 Å². The zero-order valence-corrected chi connectivity index (χ0v) is 14.3. The van der Waals surface area contributed by atoms with Crippen LogP contribution in [0.5, 0.6) is 0 Å². The SMILES string of the molecule is CC(C)CC(=O)Nc1ccc(C(=O)NCc2ccc(C(=O)O)o2)cc1F. The lowest BCUT2D eigenvalue weighted by Crippen LogP contribution is -2.23. The lowest BCUT2D eigenvalue weighted by molar-refractivity contribution is -0.116. The molecule has 0 radical (unpaired) electrons. The van der Waals surface area contributed by atoms with Crippen LogP contribution in [-0.2, 0) is 11.3 Å². The van der Waals surface area contributed by atoms with Crippen LogP contribution in [0.2, 0.25) is 0 Å². The van der Waals surface area contributed by atoms with E-state index in [1.165, 1.54) is 24.3 Å². The number of hydrogen-bond acceptors (Lipinski definition) is 4. The van der Waals surface area contributed by atoms with Gasteiger partial charge in [-0.15, -0.1) is 0 Å². The van der Waals surface area contributed by atoms with Crippen LogP contribution < -0.4 is 10.6 Å². The normalized spacial score (nSPS) is 10.6. The van der Waals surface area contributed by atoms with Gasteiger partial charge in [0.05, 0.1) is 12.2 Å². The van der Waals surface area contributed by atoms with Crippen molar-refractivity contribution >= 4 is 23.5 Å². The third-order valence-corrected chi connectivity index (χ3v) is 3.39. The van der Waals surface area contributed by atoms with Gasteiger partial charge in [0, 0.05) is 12.0 Å². The highest BCUT2D eigenvalue weighted by Gasteiger charge is 2.14. The minimum absolute atomic E-state index is 0.00401. The average Bonchev–Trinajstić information content (AvgIpc) is 3.03. The van der Waals surface area contributed by atoms with Gasteiger partial charge >= 0.3 is 5.97 Å². The molecule has 1 aromatic carbocycles. The van der Waals surface area contributed by atoms with Gasteiger partial charge in [-0.3, -0.25) is 9.59 Å². The number of benzene rings is 1. The second kappa shape index (κ2) is 8.28. The third kappa shape index (κ3) is 5.17. The van der Waals surface area contributed by atoms with Crippen LogP contribution in [0.25, 0.3) is 0 Å². The molecule has 2 amide bonds. The molecule has 26 heavy (non-hydrogen) atoms. The lowest BCUT2D eigenvalue weighted by atomic mass is 10.1. The van der Waals surface area contributed by atoms with E-state index in [2.05, 4.69) is 10.6 Å². The van der Waals surface area contributed by atoms with E-state index in [1.807, 2.05) is 13.8 Å². The first kappa shape index (κ1) is 19.2. The average molecular weight is 362 g/mol. The zero-order valence-electron chi connectivity index (χ0n) is 14.3. The van der Waals surface area contributed by atoms with Crippen molar-refractivity contribution in [3.05, 3.63) is 53.2 Å². The van der Waals surface area contributed by atoms with Gasteiger partial charge in [-0.05, 0) is 36.2 Å². The first-order chi connectivity index (χ1) is 12.3. The van der Waals surface area contributed by atoms with E-state index in [1.54, 1.807) is 0 Å². The fourth-order valence-electron chi connectivity index (χ4n) is 2.19. The van der Waals surface area contributed by atoms with E-state index < -0.39 is 17.7 Å². The summed E-state index contributed by atoms with van der Waals surface area (Å²) in [6.07, 6.45) is 0.267. The van der Waals surface area contributed by atoms with Crippen LogP contribution in [0.4, 0.5) is 10.1 Å². The molecule has 0 aliphatic heterocycles. The molecule has 2 rings (SSSR count). The summed E-state index contributed by atoms with van der Waals surface area (Å²) < 4.78 is 19.1. The van der Waals surface area contributed by atoms with E-state index in [0.29, 0.717) is 0 Å². The molecule has 0 aliphatic rings. The molecule has 7 nitrogen and oxygen atoms in total. The number of anilines is 1. The summed E-state index contributed by atoms with van der Waals surface area (Å²) in [6, 6.07) is 6.42. The summed E-state index contributed by atoms with van der Waals surface area (Å²) in [7, 11) is 0. The molecule has 1 heterocycles. The van der Waals surface area contributed by atoms with E-state index in [4.69, 9.17) is 9.52 Å². The number of carboxylic acid groups (broad SMARTS) is 1. The number of carbonyl (C=O) groups excluding carboxylic acids is 2. The van der Waals surface area contributed by atoms with Gasteiger partial charge in [-0.1, -0.05) is 13.8 Å². The highest BCUT2D eigenvalue weighted by Crippen LogP contribution is 2.17. The Labute approximate surface area is 149 Å². The van der Waals surface area contributed by atoms with Gasteiger partial charge in [0.2, 0.25) is 11.7 Å². The lowest BCUT2D eigenvalue weighted by Gasteiger charge is -2.09. The van der Waals surface area contributed by atoms with E-state index in [0.717, 1.165) is 6.07 Å². The molecule has 2 aromatic rings. The van der Waals surface area contributed by atoms with E-state index in [9.17, 15) is 18.8 Å². The molecule has 0 saturated carbocycles. The molecule has 0 spiro atoms. The highest BCUT2D eigenvalue weighted by molar-refractivity contribution is 5.96. The Morgan fingerprint density at radius 1 is 1.19 bits per heavy atom. The first-order valence-electron chi connectivity index (χ1n) is 7.96. The quantitative estimate of drug-likeness (QED) is 0.701. The summed E-state index contributed by atoms with van der Waals surface area (Å²) in [5.41, 5.74) is 0.0682. The molecule has 0 unspecified atom stereocenters. The molecule has 0 fully saturated rings. The molecular weight excluding hydrogens is 343 g/mol. The Balaban J connectivity index is 1.97. The van der Waals surface area contributed by atoms with Crippen molar-refractivity contribution < 1.29 is 28.3 Å². The van der Waals surface area contributed by atoms with Crippen molar-refractivity contribution in [1.29, 1.82) is 0 Å².